The van der Waals surface area contributed by atoms with Crippen LogP contribution in [0, 0.1) is 5.92 Å². The molecule has 1 aromatic rings. The molecule has 84 valence electrons. The summed E-state index contributed by atoms with van der Waals surface area (Å²) in [7, 11) is 0. The van der Waals surface area contributed by atoms with Crippen molar-refractivity contribution in [3.05, 3.63) is 33.1 Å². The van der Waals surface area contributed by atoms with Crippen molar-refractivity contribution in [1.82, 2.24) is 9.55 Å². The zero-order valence-corrected chi connectivity index (χ0v) is 10.0. The Morgan fingerprint density at radius 1 is 1.60 bits per heavy atom. The fraction of sp³-hybridized carbons (Fsp3) is 0.500. The fourth-order valence-corrected chi connectivity index (χ4v) is 1.63. The highest BCUT2D eigenvalue weighted by molar-refractivity contribution is 14.1. The van der Waals surface area contributed by atoms with Gasteiger partial charge in [0.1, 0.15) is 23.0 Å². The maximum Gasteiger partial charge on any atom is 0.328 e. The van der Waals surface area contributed by atoms with Crippen LogP contribution in [-0.2, 0) is 9.61 Å². The molecular formula is C8H11IN2O4. The molecule has 6 nitrogen and oxygen atoms in total. The van der Waals surface area contributed by atoms with Gasteiger partial charge in [-0.05, 0) is 0 Å². The van der Waals surface area contributed by atoms with Gasteiger partial charge in [0.15, 0.2) is 0 Å². The van der Waals surface area contributed by atoms with Crippen molar-refractivity contribution < 1.29 is 8.17 Å². The van der Waals surface area contributed by atoms with E-state index in [1.165, 1.54) is 16.8 Å². The van der Waals surface area contributed by atoms with Crippen molar-refractivity contribution in [2.24, 2.45) is 5.92 Å². The van der Waals surface area contributed by atoms with Gasteiger partial charge in [0.25, 0.3) is 5.56 Å². The second kappa shape index (κ2) is 6.03. The summed E-state index contributed by atoms with van der Waals surface area (Å²) in [5.74, 6) is -0.162. The summed E-state index contributed by atoms with van der Waals surface area (Å²) in [6, 6.07) is 1.26. The highest BCUT2D eigenvalue weighted by atomic mass is 127. The first-order valence-electron chi connectivity index (χ1n) is 4.31. The van der Waals surface area contributed by atoms with Gasteiger partial charge in [0.05, 0.1) is 6.61 Å². The van der Waals surface area contributed by atoms with E-state index in [9.17, 15) is 9.59 Å². The second-order valence-corrected chi connectivity index (χ2v) is 3.71. The van der Waals surface area contributed by atoms with E-state index in [-0.39, 0.29) is 12.5 Å². The third-order valence-corrected chi connectivity index (χ3v) is 2.27. The summed E-state index contributed by atoms with van der Waals surface area (Å²) in [6.07, 6.45) is 1.40. The lowest BCUT2D eigenvalue weighted by Gasteiger charge is -2.13. The van der Waals surface area contributed by atoms with Crippen molar-refractivity contribution in [2.45, 2.75) is 6.54 Å². The number of nitrogens with zero attached hydrogens (tertiary/aromatic N) is 1. The monoisotopic (exact) mass is 326 g/mol. The first-order valence-corrected chi connectivity index (χ1v) is 5.19. The average Bonchev–Trinajstić information content (AvgIpc) is 2.21. The molecule has 0 fully saturated rings. The summed E-state index contributed by atoms with van der Waals surface area (Å²) >= 11 is 1.73. The average molecular weight is 326 g/mol. The highest BCUT2D eigenvalue weighted by Crippen LogP contribution is 2.01. The van der Waals surface area contributed by atoms with E-state index in [0.29, 0.717) is 13.2 Å². The predicted octanol–water partition coefficient (Wildman–Crippen LogP) is -0.488. The Morgan fingerprint density at radius 2 is 2.33 bits per heavy atom. The largest absolute Gasteiger partial charge is 0.396 e. The van der Waals surface area contributed by atoms with Crippen LogP contribution in [0.5, 0.6) is 0 Å². The number of aromatic nitrogens is 2. The number of nitrogens with one attached hydrogen (secondary N) is 1. The van der Waals surface area contributed by atoms with E-state index in [1.54, 1.807) is 23.0 Å². The smallest absolute Gasteiger partial charge is 0.328 e. The molecule has 1 aromatic heterocycles. The van der Waals surface area contributed by atoms with Gasteiger partial charge < -0.3 is 12.7 Å². The molecule has 15 heavy (non-hydrogen) atoms. The third-order valence-electron chi connectivity index (χ3n) is 1.91. The lowest BCUT2D eigenvalue weighted by molar-refractivity contribution is 0.170. The number of aliphatic hydroxyl groups excluding tert-OH is 1. The number of hydrogen-bond acceptors (Lipinski definition) is 4. The van der Waals surface area contributed by atoms with Crippen LogP contribution in [0.25, 0.3) is 0 Å². The molecule has 0 spiro atoms. The molecule has 0 saturated heterocycles. The van der Waals surface area contributed by atoms with E-state index < -0.39 is 11.2 Å². The maximum atomic E-state index is 11.3. The summed E-state index contributed by atoms with van der Waals surface area (Å²) in [6.45, 7) is 0.590. The molecule has 1 atom stereocenters. The van der Waals surface area contributed by atoms with Crippen LogP contribution in [0.15, 0.2) is 21.9 Å². The number of hydrogen-bond donors (Lipinski definition) is 2. The number of aromatic amines is 1. The van der Waals surface area contributed by atoms with Crippen LogP contribution in [0.2, 0.25) is 0 Å². The molecule has 0 bridgehead atoms. The Balaban J connectivity index is 2.79. The van der Waals surface area contributed by atoms with Crippen LogP contribution in [0.1, 0.15) is 0 Å². The quantitative estimate of drug-likeness (QED) is 0.716. The Kier molecular flexibility index (Phi) is 4.99. The van der Waals surface area contributed by atoms with Crippen LogP contribution in [0.4, 0.5) is 0 Å². The van der Waals surface area contributed by atoms with Gasteiger partial charge in [-0.25, -0.2) is 4.79 Å². The third kappa shape index (κ3) is 3.76. The molecule has 1 unspecified atom stereocenters. The van der Waals surface area contributed by atoms with Gasteiger partial charge in [0.2, 0.25) is 0 Å². The normalized spacial score (nSPS) is 12.7. The Hall–Kier alpha value is -0.670. The van der Waals surface area contributed by atoms with E-state index >= 15 is 0 Å². The minimum absolute atomic E-state index is 0.0748. The minimum atomic E-state index is -0.477. The van der Waals surface area contributed by atoms with Crippen LogP contribution < -0.4 is 11.2 Å². The molecule has 2 N–H and O–H groups in total. The summed E-state index contributed by atoms with van der Waals surface area (Å²) in [5.41, 5.74) is -0.906. The van der Waals surface area contributed by atoms with E-state index in [0.717, 1.165) is 0 Å². The van der Waals surface area contributed by atoms with Gasteiger partial charge in [-0.1, -0.05) is 0 Å². The zero-order chi connectivity index (χ0) is 11.3. The lowest BCUT2D eigenvalue weighted by Crippen LogP contribution is -2.32. The van der Waals surface area contributed by atoms with Crippen molar-refractivity contribution in [3.8, 4) is 0 Å². The number of H-pyrrole nitrogens is 1. The molecule has 1 heterocycles. The molecule has 0 aliphatic carbocycles. The SMILES string of the molecule is O=c1ccn(CC(CO)COI)c(=O)[nH]1. The second-order valence-electron chi connectivity index (χ2n) is 3.09. The Bertz CT molecular complexity index is 414. The predicted molar refractivity (Wildman–Crippen MR) is 61.9 cm³/mol. The van der Waals surface area contributed by atoms with E-state index in [1.807, 2.05) is 0 Å². The molecule has 0 aliphatic heterocycles. The molecule has 0 aromatic carbocycles. The lowest BCUT2D eigenvalue weighted by atomic mass is 10.2. The van der Waals surface area contributed by atoms with E-state index in [4.69, 9.17) is 8.17 Å². The standard InChI is InChI=1S/C8H11IN2O4/c9-15-5-6(4-12)3-11-2-1-7(13)10-8(11)14/h1-2,6,12H,3-5H2,(H,10,13,14). The van der Waals surface area contributed by atoms with Crippen molar-refractivity contribution in [1.29, 1.82) is 0 Å². The molecule has 1 rings (SSSR count). The van der Waals surface area contributed by atoms with E-state index in [2.05, 4.69) is 4.98 Å². The zero-order valence-electron chi connectivity index (χ0n) is 7.85. The Labute approximate surface area is 99.6 Å². The first kappa shape index (κ1) is 12.4. The minimum Gasteiger partial charge on any atom is -0.396 e. The van der Waals surface area contributed by atoms with Crippen LogP contribution in [-0.4, -0.2) is 27.9 Å². The van der Waals surface area contributed by atoms with Crippen LogP contribution >= 0.6 is 23.0 Å². The summed E-state index contributed by atoms with van der Waals surface area (Å²) < 4.78 is 6.18. The van der Waals surface area contributed by atoms with Crippen molar-refractivity contribution in [2.75, 3.05) is 13.2 Å². The van der Waals surface area contributed by atoms with Crippen LogP contribution in [0.3, 0.4) is 0 Å². The first-order chi connectivity index (χ1) is 7.17. The molecule has 7 heteroatoms. The fourth-order valence-electron chi connectivity index (χ4n) is 1.12. The molecule has 0 amide bonds. The topological polar surface area (TPSA) is 84.3 Å². The van der Waals surface area contributed by atoms with Crippen molar-refractivity contribution >= 4 is 23.0 Å². The van der Waals surface area contributed by atoms with Gasteiger partial charge in [-0.3, -0.25) is 9.78 Å². The molecular weight excluding hydrogens is 315 g/mol. The molecule has 0 aliphatic rings. The van der Waals surface area contributed by atoms with Gasteiger partial charge in [-0.15, -0.1) is 0 Å². The van der Waals surface area contributed by atoms with Gasteiger partial charge in [-0.2, -0.15) is 0 Å². The summed E-state index contributed by atoms with van der Waals surface area (Å²) in [5, 5.41) is 8.99. The van der Waals surface area contributed by atoms with Crippen molar-refractivity contribution in [3.63, 3.8) is 0 Å². The maximum absolute atomic E-state index is 11.3. The summed E-state index contributed by atoms with van der Waals surface area (Å²) in [4.78, 5) is 24.2. The number of rotatable bonds is 5. The number of halogens is 1. The number of aliphatic hydroxyl groups is 1. The molecule has 0 radical (unpaired) electrons. The van der Waals surface area contributed by atoms with Gasteiger partial charge in [0, 0.05) is 31.3 Å². The molecule has 0 saturated carbocycles. The highest BCUT2D eigenvalue weighted by Gasteiger charge is 2.09. The Morgan fingerprint density at radius 3 is 2.87 bits per heavy atom. The van der Waals surface area contributed by atoms with Gasteiger partial charge >= 0.3 is 5.69 Å².